The van der Waals surface area contributed by atoms with E-state index >= 15 is 0 Å². The number of nitrogens with one attached hydrogen (secondary N) is 1. The molecule has 0 radical (unpaired) electrons. The van der Waals surface area contributed by atoms with Crippen LogP contribution in [0.25, 0.3) is 0 Å². The fourth-order valence-corrected chi connectivity index (χ4v) is 2.34. The first-order valence-corrected chi connectivity index (χ1v) is 8.09. The van der Waals surface area contributed by atoms with Gasteiger partial charge in [-0.05, 0) is 32.0 Å². The van der Waals surface area contributed by atoms with Crippen molar-refractivity contribution in [2.24, 2.45) is 5.92 Å². The number of rotatable bonds is 9. The normalized spacial score (nSPS) is 11.4. The van der Waals surface area contributed by atoms with Gasteiger partial charge in [0.2, 0.25) is 0 Å². The van der Waals surface area contributed by atoms with E-state index in [1.807, 2.05) is 13.8 Å². The second-order valence-corrected chi connectivity index (χ2v) is 5.94. The van der Waals surface area contributed by atoms with Crippen molar-refractivity contribution < 1.29 is 0 Å². The Hall–Kier alpha value is -1.07. The summed E-state index contributed by atoms with van der Waals surface area (Å²) in [6, 6.07) is 0. The molecule has 0 aliphatic carbocycles. The van der Waals surface area contributed by atoms with Crippen molar-refractivity contribution in [3.05, 3.63) is 21.6 Å². The highest BCUT2D eigenvalue weighted by Crippen LogP contribution is 2.15. The fraction of sp³-hybridized carbons (Fsp3) is 0.733. The molecular weight excluding hydrogens is 288 g/mol. The highest BCUT2D eigenvalue weighted by molar-refractivity contribution is 6.32. The molecule has 1 heterocycles. The lowest BCUT2D eigenvalue weighted by Crippen LogP contribution is -2.27. The molecule has 1 rings (SSSR count). The van der Waals surface area contributed by atoms with Crippen LogP contribution in [-0.4, -0.2) is 40.9 Å². The third kappa shape index (κ3) is 5.67. The monoisotopic (exact) mass is 314 g/mol. The highest BCUT2D eigenvalue weighted by Gasteiger charge is 2.10. The van der Waals surface area contributed by atoms with Crippen molar-refractivity contribution in [1.29, 1.82) is 0 Å². The molecule has 0 fully saturated rings. The molecule has 21 heavy (non-hydrogen) atoms. The van der Waals surface area contributed by atoms with Gasteiger partial charge in [-0.2, -0.15) is 5.10 Å². The van der Waals surface area contributed by atoms with E-state index in [2.05, 4.69) is 29.2 Å². The Labute approximate surface area is 132 Å². The zero-order chi connectivity index (χ0) is 15.8. The molecule has 1 aromatic rings. The maximum Gasteiger partial charge on any atom is 0.287 e. The van der Waals surface area contributed by atoms with Gasteiger partial charge in [0.1, 0.15) is 5.02 Å². The molecule has 0 aliphatic rings. The van der Waals surface area contributed by atoms with Crippen LogP contribution in [0.15, 0.2) is 11.0 Å². The SMILES string of the molecule is CCN(CC)CCCNc1cnn(CC(C)C)c(=O)c1Cl. The number of aromatic nitrogens is 2. The summed E-state index contributed by atoms with van der Waals surface area (Å²) in [7, 11) is 0. The van der Waals surface area contributed by atoms with Crippen molar-refractivity contribution in [2.75, 3.05) is 31.5 Å². The van der Waals surface area contributed by atoms with Crippen LogP contribution in [-0.2, 0) is 6.54 Å². The van der Waals surface area contributed by atoms with E-state index in [9.17, 15) is 4.79 Å². The van der Waals surface area contributed by atoms with Crippen molar-refractivity contribution in [1.82, 2.24) is 14.7 Å². The number of halogens is 1. The molecule has 0 unspecified atom stereocenters. The predicted octanol–water partition coefficient (Wildman–Crippen LogP) is 2.70. The van der Waals surface area contributed by atoms with Crippen LogP contribution in [0.2, 0.25) is 5.02 Å². The summed E-state index contributed by atoms with van der Waals surface area (Å²) < 4.78 is 1.42. The average molecular weight is 315 g/mol. The van der Waals surface area contributed by atoms with Gasteiger partial charge in [-0.1, -0.05) is 39.3 Å². The van der Waals surface area contributed by atoms with E-state index in [1.165, 1.54) is 4.68 Å². The third-order valence-corrected chi connectivity index (χ3v) is 3.75. The lowest BCUT2D eigenvalue weighted by Gasteiger charge is -2.18. The van der Waals surface area contributed by atoms with Gasteiger partial charge in [0.15, 0.2) is 0 Å². The summed E-state index contributed by atoms with van der Waals surface area (Å²) in [5.41, 5.74) is 0.403. The van der Waals surface area contributed by atoms with E-state index in [-0.39, 0.29) is 10.6 Å². The number of hydrogen-bond acceptors (Lipinski definition) is 4. The van der Waals surface area contributed by atoms with Crippen LogP contribution >= 0.6 is 11.6 Å². The molecule has 1 aromatic heterocycles. The van der Waals surface area contributed by atoms with Crippen LogP contribution in [0.4, 0.5) is 5.69 Å². The molecule has 0 saturated carbocycles. The summed E-state index contributed by atoms with van der Waals surface area (Å²) in [4.78, 5) is 14.4. The molecule has 1 N–H and O–H groups in total. The Kier molecular flexibility index (Phi) is 7.75. The minimum atomic E-state index is -0.223. The average Bonchev–Trinajstić information content (AvgIpc) is 2.46. The summed E-state index contributed by atoms with van der Waals surface area (Å²) >= 11 is 6.13. The van der Waals surface area contributed by atoms with Crippen LogP contribution in [0.3, 0.4) is 0 Å². The Balaban J connectivity index is 2.57. The molecule has 0 spiro atoms. The number of hydrogen-bond donors (Lipinski definition) is 1. The lowest BCUT2D eigenvalue weighted by molar-refractivity contribution is 0.303. The Morgan fingerprint density at radius 3 is 2.62 bits per heavy atom. The second-order valence-electron chi connectivity index (χ2n) is 5.56. The Morgan fingerprint density at radius 2 is 2.05 bits per heavy atom. The van der Waals surface area contributed by atoms with E-state index in [4.69, 9.17) is 11.6 Å². The standard InChI is InChI=1S/C15H27ClN4O/c1-5-19(6-2)9-7-8-17-13-10-18-20(11-12(3)4)15(21)14(13)16/h10,12,17H,5-9,11H2,1-4H3. The van der Waals surface area contributed by atoms with E-state index in [1.54, 1.807) is 6.20 Å². The van der Waals surface area contributed by atoms with Gasteiger partial charge in [-0.25, -0.2) is 4.68 Å². The Morgan fingerprint density at radius 1 is 1.38 bits per heavy atom. The van der Waals surface area contributed by atoms with Crippen LogP contribution < -0.4 is 10.9 Å². The molecule has 0 aliphatic heterocycles. The van der Waals surface area contributed by atoms with E-state index < -0.39 is 0 Å². The summed E-state index contributed by atoms with van der Waals surface area (Å²) in [5, 5.41) is 7.61. The zero-order valence-electron chi connectivity index (χ0n) is 13.5. The van der Waals surface area contributed by atoms with Crippen molar-refractivity contribution >= 4 is 17.3 Å². The number of anilines is 1. The van der Waals surface area contributed by atoms with Crippen LogP contribution in [0.1, 0.15) is 34.1 Å². The first kappa shape index (κ1) is 18.0. The van der Waals surface area contributed by atoms with Gasteiger partial charge >= 0.3 is 0 Å². The quantitative estimate of drug-likeness (QED) is 0.712. The summed E-state index contributed by atoms with van der Waals surface area (Å²) in [6.07, 6.45) is 2.65. The smallest absolute Gasteiger partial charge is 0.287 e. The molecule has 0 amide bonds. The van der Waals surface area contributed by atoms with Gasteiger partial charge in [-0.15, -0.1) is 0 Å². The third-order valence-electron chi connectivity index (χ3n) is 3.38. The lowest BCUT2D eigenvalue weighted by atomic mass is 10.2. The molecule has 6 heteroatoms. The maximum atomic E-state index is 12.1. The summed E-state index contributed by atoms with van der Waals surface area (Å²) in [6.45, 7) is 12.9. The predicted molar refractivity (Wildman–Crippen MR) is 89.2 cm³/mol. The molecule has 5 nitrogen and oxygen atoms in total. The second kappa shape index (κ2) is 9.05. The van der Waals surface area contributed by atoms with Crippen molar-refractivity contribution in [3.8, 4) is 0 Å². The molecule has 120 valence electrons. The van der Waals surface area contributed by atoms with E-state index in [0.717, 1.165) is 32.6 Å². The molecule has 0 atom stereocenters. The number of nitrogens with zero attached hydrogens (tertiary/aromatic N) is 3. The molecular formula is C15H27ClN4O. The highest BCUT2D eigenvalue weighted by atomic mass is 35.5. The van der Waals surface area contributed by atoms with Crippen molar-refractivity contribution in [3.63, 3.8) is 0 Å². The Bertz CT molecular complexity index is 483. The van der Waals surface area contributed by atoms with Gasteiger partial charge in [0, 0.05) is 13.1 Å². The van der Waals surface area contributed by atoms with Gasteiger partial charge in [0.25, 0.3) is 5.56 Å². The molecule has 0 aromatic carbocycles. The van der Waals surface area contributed by atoms with Gasteiger partial charge in [-0.3, -0.25) is 4.79 Å². The van der Waals surface area contributed by atoms with Crippen molar-refractivity contribution in [2.45, 2.75) is 40.7 Å². The zero-order valence-corrected chi connectivity index (χ0v) is 14.3. The van der Waals surface area contributed by atoms with Gasteiger partial charge in [0.05, 0.1) is 11.9 Å². The fourth-order valence-electron chi connectivity index (χ4n) is 2.13. The minimum Gasteiger partial charge on any atom is -0.382 e. The topological polar surface area (TPSA) is 50.2 Å². The summed E-state index contributed by atoms with van der Waals surface area (Å²) in [5.74, 6) is 0.360. The van der Waals surface area contributed by atoms with Gasteiger partial charge < -0.3 is 10.2 Å². The first-order valence-electron chi connectivity index (χ1n) is 7.71. The van der Waals surface area contributed by atoms with E-state index in [0.29, 0.717) is 18.2 Å². The molecule has 0 bridgehead atoms. The first-order chi connectivity index (χ1) is 9.99. The van der Waals surface area contributed by atoms with Crippen LogP contribution in [0.5, 0.6) is 0 Å². The van der Waals surface area contributed by atoms with Crippen LogP contribution in [0, 0.1) is 5.92 Å². The minimum absolute atomic E-state index is 0.223. The largest absolute Gasteiger partial charge is 0.382 e. The molecule has 0 saturated heterocycles. The maximum absolute atomic E-state index is 12.1.